The Hall–Kier alpha value is -1.06. The summed E-state index contributed by atoms with van der Waals surface area (Å²) >= 11 is 0. The molecule has 0 aliphatic heterocycles. The van der Waals surface area contributed by atoms with Crippen molar-refractivity contribution in [2.75, 3.05) is 0 Å². The van der Waals surface area contributed by atoms with E-state index in [0.717, 1.165) is 19.3 Å². The van der Waals surface area contributed by atoms with Crippen LogP contribution >= 0.6 is 0 Å². The number of rotatable bonds is 8. The molecule has 19 heavy (non-hydrogen) atoms. The molecular weight excluding hydrogens is 242 g/mol. The Kier molecular flexibility index (Phi) is 6.89. The van der Waals surface area contributed by atoms with Crippen molar-refractivity contribution in [1.29, 1.82) is 0 Å². The third-order valence-electron chi connectivity index (χ3n) is 4.16. The molecule has 110 valence electrons. The van der Waals surface area contributed by atoms with Crippen LogP contribution in [-0.2, 0) is 9.59 Å². The second kappa shape index (κ2) is 8.18. The van der Waals surface area contributed by atoms with Crippen molar-refractivity contribution in [3.05, 3.63) is 0 Å². The van der Waals surface area contributed by atoms with Crippen LogP contribution in [0.1, 0.15) is 65.2 Å². The minimum atomic E-state index is -0.730. The summed E-state index contributed by atoms with van der Waals surface area (Å²) in [7, 11) is 0. The quantitative estimate of drug-likeness (QED) is 0.712. The Bertz CT molecular complexity index is 304. The fourth-order valence-electron chi connectivity index (χ4n) is 2.83. The van der Waals surface area contributed by atoms with E-state index in [9.17, 15) is 9.59 Å². The molecule has 1 saturated carbocycles. The monoisotopic (exact) mass is 269 g/mol. The molecule has 0 bridgehead atoms. The molecule has 0 aromatic rings. The van der Waals surface area contributed by atoms with E-state index in [-0.39, 0.29) is 17.9 Å². The summed E-state index contributed by atoms with van der Waals surface area (Å²) in [5.41, 5.74) is 0. The number of unbranched alkanes of at least 4 members (excludes halogenated alkanes) is 1. The lowest BCUT2D eigenvalue weighted by Gasteiger charge is -2.17. The highest BCUT2D eigenvalue weighted by Crippen LogP contribution is 2.26. The van der Waals surface area contributed by atoms with Crippen molar-refractivity contribution in [3.63, 3.8) is 0 Å². The maximum Gasteiger partial charge on any atom is 0.306 e. The van der Waals surface area contributed by atoms with Gasteiger partial charge in [-0.25, -0.2) is 0 Å². The summed E-state index contributed by atoms with van der Waals surface area (Å²) in [4.78, 5) is 22.8. The third kappa shape index (κ3) is 5.62. The number of carboxylic acid groups (broad SMARTS) is 1. The topological polar surface area (TPSA) is 66.4 Å². The predicted molar refractivity (Wildman–Crippen MR) is 74.8 cm³/mol. The normalized spacial score (nSPS) is 24.1. The molecule has 0 spiro atoms. The van der Waals surface area contributed by atoms with Gasteiger partial charge < -0.3 is 10.4 Å². The number of amides is 1. The lowest BCUT2D eigenvalue weighted by atomic mass is 9.95. The van der Waals surface area contributed by atoms with Gasteiger partial charge in [0.2, 0.25) is 5.91 Å². The Morgan fingerprint density at radius 2 is 2.05 bits per heavy atom. The largest absolute Gasteiger partial charge is 0.481 e. The molecule has 2 N–H and O–H groups in total. The molecule has 1 unspecified atom stereocenters. The first-order valence-electron chi connectivity index (χ1n) is 7.58. The van der Waals surface area contributed by atoms with Crippen LogP contribution in [0.3, 0.4) is 0 Å². The number of carbonyl (C=O) groups excluding carboxylic acids is 1. The van der Waals surface area contributed by atoms with Gasteiger partial charge in [0, 0.05) is 12.5 Å². The lowest BCUT2D eigenvalue weighted by Crippen LogP contribution is -2.34. The molecule has 0 heterocycles. The highest BCUT2D eigenvalue weighted by Gasteiger charge is 2.30. The van der Waals surface area contributed by atoms with Crippen molar-refractivity contribution in [1.82, 2.24) is 5.32 Å². The Labute approximate surface area is 116 Å². The minimum absolute atomic E-state index is 0.0669. The van der Waals surface area contributed by atoms with Gasteiger partial charge in [0.05, 0.1) is 5.92 Å². The summed E-state index contributed by atoms with van der Waals surface area (Å²) in [5.74, 6) is -0.436. The molecule has 1 rings (SSSR count). The van der Waals surface area contributed by atoms with Gasteiger partial charge in [-0.15, -0.1) is 0 Å². The summed E-state index contributed by atoms with van der Waals surface area (Å²) in [5, 5.41) is 11.9. The first-order valence-corrected chi connectivity index (χ1v) is 7.58. The van der Waals surface area contributed by atoms with Gasteiger partial charge in [0.15, 0.2) is 0 Å². The van der Waals surface area contributed by atoms with Crippen LogP contribution in [-0.4, -0.2) is 23.0 Å². The van der Waals surface area contributed by atoms with Gasteiger partial charge in [-0.1, -0.05) is 33.1 Å². The Balaban J connectivity index is 2.29. The van der Waals surface area contributed by atoms with E-state index in [2.05, 4.69) is 19.2 Å². The van der Waals surface area contributed by atoms with Gasteiger partial charge in [0.25, 0.3) is 0 Å². The zero-order valence-corrected chi connectivity index (χ0v) is 12.2. The van der Waals surface area contributed by atoms with Gasteiger partial charge >= 0.3 is 5.97 Å². The summed E-state index contributed by atoms with van der Waals surface area (Å²) in [6.45, 7) is 4.29. The first kappa shape index (κ1) is 16.0. The molecule has 1 fully saturated rings. The van der Waals surface area contributed by atoms with E-state index in [1.165, 1.54) is 12.8 Å². The lowest BCUT2D eigenvalue weighted by molar-refractivity contribution is -0.141. The number of hydrogen-bond acceptors (Lipinski definition) is 2. The summed E-state index contributed by atoms with van der Waals surface area (Å²) < 4.78 is 0. The van der Waals surface area contributed by atoms with E-state index in [1.807, 2.05) is 0 Å². The Morgan fingerprint density at radius 3 is 2.58 bits per heavy atom. The Morgan fingerprint density at radius 1 is 1.32 bits per heavy atom. The van der Waals surface area contributed by atoms with Crippen molar-refractivity contribution >= 4 is 11.9 Å². The van der Waals surface area contributed by atoms with E-state index in [1.54, 1.807) is 0 Å². The molecule has 0 saturated heterocycles. The smallest absolute Gasteiger partial charge is 0.306 e. The van der Waals surface area contributed by atoms with Crippen LogP contribution in [0.2, 0.25) is 0 Å². The SMILES string of the molecule is CCCCC(CC)CC(=O)N[C@H]1CC[C@@H](C(=O)O)C1. The highest BCUT2D eigenvalue weighted by molar-refractivity contribution is 5.77. The molecule has 3 atom stereocenters. The first-order chi connectivity index (χ1) is 9.06. The molecule has 0 aromatic heterocycles. The molecule has 1 aliphatic carbocycles. The number of carbonyl (C=O) groups is 2. The summed E-state index contributed by atoms with van der Waals surface area (Å²) in [6, 6.07) is 0.0669. The average Bonchev–Trinajstić information content (AvgIpc) is 2.83. The van der Waals surface area contributed by atoms with Crippen LogP contribution in [0.15, 0.2) is 0 Å². The fourth-order valence-corrected chi connectivity index (χ4v) is 2.83. The van der Waals surface area contributed by atoms with E-state index in [0.29, 0.717) is 25.2 Å². The summed E-state index contributed by atoms with van der Waals surface area (Å²) in [6.07, 6.45) is 7.16. The second-order valence-electron chi connectivity index (χ2n) is 5.73. The van der Waals surface area contributed by atoms with E-state index in [4.69, 9.17) is 5.11 Å². The van der Waals surface area contributed by atoms with E-state index < -0.39 is 5.97 Å². The number of carboxylic acids is 1. The maximum absolute atomic E-state index is 11.9. The van der Waals surface area contributed by atoms with Crippen LogP contribution in [0, 0.1) is 11.8 Å². The van der Waals surface area contributed by atoms with Crippen LogP contribution in [0.5, 0.6) is 0 Å². The number of nitrogens with one attached hydrogen (secondary N) is 1. The van der Waals surface area contributed by atoms with Crippen LogP contribution < -0.4 is 5.32 Å². The molecule has 0 aromatic carbocycles. The molecule has 4 nitrogen and oxygen atoms in total. The third-order valence-corrected chi connectivity index (χ3v) is 4.16. The van der Waals surface area contributed by atoms with Gasteiger partial charge in [-0.3, -0.25) is 9.59 Å². The molecule has 4 heteroatoms. The van der Waals surface area contributed by atoms with Gasteiger partial charge in [0.1, 0.15) is 0 Å². The van der Waals surface area contributed by atoms with Gasteiger partial charge in [-0.05, 0) is 31.6 Å². The zero-order chi connectivity index (χ0) is 14.3. The standard InChI is InChI=1S/C15H27NO3/c1-3-5-6-11(4-2)9-14(17)16-13-8-7-12(10-13)15(18)19/h11-13H,3-10H2,1-2H3,(H,16,17)(H,18,19)/t11?,12-,13+/m1/s1. The van der Waals surface area contributed by atoms with Crippen LogP contribution in [0.25, 0.3) is 0 Å². The highest BCUT2D eigenvalue weighted by atomic mass is 16.4. The average molecular weight is 269 g/mol. The van der Waals surface area contributed by atoms with Crippen LogP contribution in [0.4, 0.5) is 0 Å². The predicted octanol–water partition coefficient (Wildman–Crippen LogP) is 2.96. The second-order valence-corrected chi connectivity index (χ2v) is 5.73. The molecular formula is C15H27NO3. The van der Waals surface area contributed by atoms with Crippen molar-refractivity contribution in [2.45, 2.75) is 71.3 Å². The molecule has 1 amide bonds. The minimum Gasteiger partial charge on any atom is -0.481 e. The maximum atomic E-state index is 11.9. The number of aliphatic carboxylic acids is 1. The molecule has 0 radical (unpaired) electrons. The fraction of sp³-hybridized carbons (Fsp3) is 0.867. The number of hydrogen-bond donors (Lipinski definition) is 2. The zero-order valence-electron chi connectivity index (χ0n) is 12.2. The van der Waals surface area contributed by atoms with Crippen molar-refractivity contribution < 1.29 is 14.7 Å². The van der Waals surface area contributed by atoms with E-state index >= 15 is 0 Å². The molecule has 1 aliphatic rings. The van der Waals surface area contributed by atoms with Gasteiger partial charge in [-0.2, -0.15) is 0 Å². The van der Waals surface area contributed by atoms with Crippen molar-refractivity contribution in [3.8, 4) is 0 Å². The van der Waals surface area contributed by atoms with Crippen molar-refractivity contribution in [2.24, 2.45) is 11.8 Å².